The number of para-hydroxylation sites is 1. The first kappa shape index (κ1) is 26.9. The van der Waals surface area contributed by atoms with Crippen LogP contribution in [0.4, 0.5) is 10.1 Å². The number of benzene rings is 3. The molecule has 7 nitrogen and oxygen atoms in total. The predicted octanol–water partition coefficient (Wildman–Crippen LogP) is 3.62. The normalized spacial score (nSPS) is 12.0. The van der Waals surface area contributed by atoms with E-state index in [0.29, 0.717) is 13.0 Å². The molecule has 0 fully saturated rings. The predicted molar refractivity (Wildman–Crippen MR) is 137 cm³/mol. The molecule has 0 aliphatic carbocycles. The third-order valence-electron chi connectivity index (χ3n) is 5.73. The van der Waals surface area contributed by atoms with Crippen molar-refractivity contribution in [3.8, 4) is 0 Å². The molecule has 3 aromatic rings. The maximum atomic E-state index is 13.6. The van der Waals surface area contributed by atoms with Crippen LogP contribution in [0.3, 0.4) is 0 Å². The Balaban J connectivity index is 1.94. The van der Waals surface area contributed by atoms with E-state index in [0.717, 1.165) is 34.1 Å². The Bertz CT molecular complexity index is 1250. The van der Waals surface area contributed by atoms with Crippen LogP contribution in [0.15, 0.2) is 89.8 Å². The van der Waals surface area contributed by atoms with E-state index < -0.39 is 34.3 Å². The number of likely N-dealkylation sites (N-methyl/N-ethyl adjacent to an activating group) is 1. The van der Waals surface area contributed by atoms with Gasteiger partial charge < -0.3 is 10.2 Å². The zero-order chi connectivity index (χ0) is 26.1. The maximum Gasteiger partial charge on any atom is 0.264 e. The Hall–Kier alpha value is -3.72. The van der Waals surface area contributed by atoms with Crippen LogP contribution in [-0.2, 0) is 26.0 Å². The lowest BCUT2D eigenvalue weighted by Gasteiger charge is -2.32. The lowest BCUT2D eigenvalue weighted by molar-refractivity contribution is -0.138. The van der Waals surface area contributed by atoms with Crippen molar-refractivity contribution in [2.45, 2.75) is 31.2 Å². The SMILES string of the molecule is CCNC(=O)C(C)N(CCc1ccccc1)C(=O)CN(c1ccccc1)S(=O)(=O)c1ccc(F)cc1. The van der Waals surface area contributed by atoms with Crippen LogP contribution < -0.4 is 9.62 Å². The molecule has 0 saturated heterocycles. The maximum absolute atomic E-state index is 13.6. The molecule has 2 amide bonds. The van der Waals surface area contributed by atoms with E-state index in [-0.39, 0.29) is 23.0 Å². The average molecular weight is 512 g/mol. The lowest BCUT2D eigenvalue weighted by Crippen LogP contribution is -2.52. The van der Waals surface area contributed by atoms with Gasteiger partial charge in [-0.05, 0) is 62.2 Å². The highest BCUT2D eigenvalue weighted by Gasteiger charge is 2.32. The summed E-state index contributed by atoms with van der Waals surface area (Å²) in [6.07, 6.45) is 0.492. The molecule has 1 atom stereocenters. The Labute approximate surface area is 211 Å². The van der Waals surface area contributed by atoms with Gasteiger partial charge in [-0.3, -0.25) is 13.9 Å². The number of anilines is 1. The van der Waals surface area contributed by atoms with Crippen molar-refractivity contribution in [2.24, 2.45) is 0 Å². The number of rotatable bonds is 11. The molecule has 0 heterocycles. The number of amides is 2. The average Bonchev–Trinajstić information content (AvgIpc) is 2.88. The van der Waals surface area contributed by atoms with Gasteiger partial charge in [0, 0.05) is 13.1 Å². The van der Waals surface area contributed by atoms with Crippen molar-refractivity contribution in [3.63, 3.8) is 0 Å². The molecule has 0 radical (unpaired) electrons. The van der Waals surface area contributed by atoms with Crippen molar-refractivity contribution < 1.29 is 22.4 Å². The summed E-state index contributed by atoms with van der Waals surface area (Å²) in [6, 6.07) is 21.4. The van der Waals surface area contributed by atoms with Gasteiger partial charge in [0.25, 0.3) is 10.0 Å². The van der Waals surface area contributed by atoms with E-state index in [1.807, 2.05) is 30.3 Å². The van der Waals surface area contributed by atoms with Crippen LogP contribution in [0.1, 0.15) is 19.4 Å². The number of nitrogens with zero attached hydrogens (tertiary/aromatic N) is 2. The van der Waals surface area contributed by atoms with Crippen LogP contribution >= 0.6 is 0 Å². The van der Waals surface area contributed by atoms with Gasteiger partial charge in [-0.2, -0.15) is 0 Å². The molecule has 3 rings (SSSR count). The molecule has 1 unspecified atom stereocenters. The number of nitrogens with one attached hydrogen (secondary N) is 1. The molecule has 0 saturated carbocycles. The third kappa shape index (κ3) is 6.69. The summed E-state index contributed by atoms with van der Waals surface area (Å²) in [5.41, 5.74) is 1.26. The second-order valence-electron chi connectivity index (χ2n) is 8.19. The molecule has 0 bridgehead atoms. The van der Waals surface area contributed by atoms with E-state index in [9.17, 15) is 22.4 Å². The first-order valence-corrected chi connectivity index (χ1v) is 13.1. The van der Waals surface area contributed by atoms with E-state index in [1.165, 1.54) is 4.90 Å². The zero-order valence-corrected chi connectivity index (χ0v) is 21.1. The number of halogens is 1. The monoisotopic (exact) mass is 511 g/mol. The van der Waals surface area contributed by atoms with Gasteiger partial charge in [-0.1, -0.05) is 48.5 Å². The first-order valence-electron chi connectivity index (χ1n) is 11.7. The highest BCUT2D eigenvalue weighted by Crippen LogP contribution is 2.24. The largest absolute Gasteiger partial charge is 0.355 e. The van der Waals surface area contributed by atoms with E-state index in [4.69, 9.17) is 0 Å². The second-order valence-corrected chi connectivity index (χ2v) is 10.1. The minimum absolute atomic E-state index is 0.145. The van der Waals surface area contributed by atoms with Gasteiger partial charge >= 0.3 is 0 Å². The Kier molecular flexibility index (Phi) is 9.19. The topological polar surface area (TPSA) is 86.8 Å². The van der Waals surface area contributed by atoms with E-state index in [2.05, 4.69) is 5.32 Å². The van der Waals surface area contributed by atoms with Gasteiger partial charge in [0.2, 0.25) is 11.8 Å². The fourth-order valence-corrected chi connectivity index (χ4v) is 5.16. The minimum atomic E-state index is -4.20. The number of sulfonamides is 1. The molecule has 190 valence electrons. The molecule has 3 aromatic carbocycles. The summed E-state index contributed by atoms with van der Waals surface area (Å²) in [4.78, 5) is 27.5. The molecule has 36 heavy (non-hydrogen) atoms. The fraction of sp³-hybridized carbons (Fsp3) is 0.259. The van der Waals surface area contributed by atoms with Crippen molar-refractivity contribution in [1.82, 2.24) is 10.2 Å². The molecular formula is C27H30FN3O4S. The van der Waals surface area contributed by atoms with E-state index >= 15 is 0 Å². The number of carbonyl (C=O) groups excluding carboxylic acids is 2. The van der Waals surface area contributed by atoms with Crippen molar-refractivity contribution in [1.29, 1.82) is 0 Å². The second kappa shape index (κ2) is 12.3. The molecule has 0 aliphatic rings. The van der Waals surface area contributed by atoms with Crippen LogP contribution in [0.5, 0.6) is 0 Å². The molecule has 9 heteroatoms. The lowest BCUT2D eigenvalue weighted by atomic mass is 10.1. The molecule has 0 aromatic heterocycles. The summed E-state index contributed by atoms with van der Waals surface area (Å²) in [7, 11) is -4.20. The Morgan fingerprint density at radius 3 is 2.08 bits per heavy atom. The highest BCUT2D eigenvalue weighted by atomic mass is 32.2. The van der Waals surface area contributed by atoms with Crippen molar-refractivity contribution >= 4 is 27.5 Å². The van der Waals surface area contributed by atoms with Crippen LogP contribution in [0, 0.1) is 5.82 Å². The first-order chi connectivity index (χ1) is 17.2. The van der Waals surface area contributed by atoms with Crippen LogP contribution in [-0.4, -0.2) is 50.8 Å². The van der Waals surface area contributed by atoms with E-state index in [1.54, 1.807) is 44.2 Å². The zero-order valence-electron chi connectivity index (χ0n) is 20.3. The molecule has 0 aliphatic heterocycles. The standard InChI is InChI=1S/C27H30FN3O4S/c1-3-29-27(33)21(2)30(19-18-22-10-6-4-7-11-22)26(32)20-31(24-12-8-5-9-13-24)36(34,35)25-16-14-23(28)15-17-25/h4-17,21H,3,18-20H2,1-2H3,(H,29,33). The summed E-state index contributed by atoms with van der Waals surface area (Å²) in [5, 5.41) is 2.73. The molecular weight excluding hydrogens is 481 g/mol. The third-order valence-corrected chi connectivity index (χ3v) is 7.52. The summed E-state index contributed by atoms with van der Waals surface area (Å²) >= 11 is 0. The Morgan fingerprint density at radius 2 is 1.50 bits per heavy atom. The van der Waals surface area contributed by atoms with Crippen LogP contribution in [0.25, 0.3) is 0 Å². The van der Waals surface area contributed by atoms with Gasteiger partial charge in [-0.15, -0.1) is 0 Å². The number of hydrogen-bond donors (Lipinski definition) is 1. The summed E-state index contributed by atoms with van der Waals surface area (Å²) in [5.74, 6) is -1.43. The Morgan fingerprint density at radius 1 is 0.917 bits per heavy atom. The van der Waals surface area contributed by atoms with Gasteiger partial charge in [0.05, 0.1) is 10.6 Å². The number of carbonyl (C=O) groups is 2. The summed E-state index contributed by atoms with van der Waals surface area (Å²) < 4.78 is 41.5. The van der Waals surface area contributed by atoms with Crippen LogP contribution in [0.2, 0.25) is 0 Å². The van der Waals surface area contributed by atoms with Gasteiger partial charge in [0.1, 0.15) is 18.4 Å². The van der Waals surface area contributed by atoms with Crippen molar-refractivity contribution in [3.05, 3.63) is 96.3 Å². The number of hydrogen-bond acceptors (Lipinski definition) is 4. The minimum Gasteiger partial charge on any atom is -0.355 e. The molecule has 0 spiro atoms. The highest BCUT2D eigenvalue weighted by molar-refractivity contribution is 7.92. The van der Waals surface area contributed by atoms with Gasteiger partial charge in [-0.25, -0.2) is 12.8 Å². The van der Waals surface area contributed by atoms with Gasteiger partial charge in [0.15, 0.2) is 0 Å². The fourth-order valence-electron chi connectivity index (χ4n) is 3.75. The smallest absolute Gasteiger partial charge is 0.264 e. The molecule has 1 N–H and O–H groups in total. The quantitative estimate of drug-likeness (QED) is 0.426. The summed E-state index contributed by atoms with van der Waals surface area (Å²) in [6.45, 7) is 3.50. The van der Waals surface area contributed by atoms with Crippen molar-refractivity contribution in [2.75, 3.05) is 23.9 Å².